The van der Waals surface area contributed by atoms with Gasteiger partial charge in [0.1, 0.15) is 4.90 Å². The molecule has 5 nitrogen and oxygen atoms in total. The highest BCUT2D eigenvalue weighted by Gasteiger charge is 2.25. The van der Waals surface area contributed by atoms with Gasteiger partial charge in [0.25, 0.3) is 0 Å². The Kier molecular flexibility index (Phi) is 4.62. The van der Waals surface area contributed by atoms with Gasteiger partial charge in [-0.2, -0.15) is 0 Å². The summed E-state index contributed by atoms with van der Waals surface area (Å²) >= 11 is 0. The van der Waals surface area contributed by atoms with Crippen molar-refractivity contribution in [3.8, 4) is 0 Å². The van der Waals surface area contributed by atoms with E-state index in [2.05, 4.69) is 9.71 Å². The lowest BCUT2D eigenvalue weighted by molar-refractivity contribution is 0.0377. The molecule has 0 aliphatic rings. The minimum absolute atomic E-state index is 0.0111. The third kappa shape index (κ3) is 3.76. The number of aliphatic hydroxyl groups is 1. The lowest BCUT2D eigenvalue weighted by Gasteiger charge is -2.25. The van der Waals surface area contributed by atoms with Crippen molar-refractivity contribution in [3.05, 3.63) is 24.5 Å². The number of hydrogen-bond acceptors (Lipinski definition) is 4. The Morgan fingerprint density at radius 3 is 2.53 bits per heavy atom. The second kappa shape index (κ2) is 5.57. The predicted molar refractivity (Wildman–Crippen MR) is 65.0 cm³/mol. The molecule has 0 amide bonds. The van der Waals surface area contributed by atoms with Crippen LogP contribution in [-0.2, 0) is 10.0 Å². The van der Waals surface area contributed by atoms with Gasteiger partial charge in [-0.05, 0) is 25.0 Å². The standard InChI is InChI=1S/C11H18N2O3S/c1-3-11(14,4-2)9-13-17(15,16)10-6-5-7-12-8-10/h5-8,13-14H,3-4,9H2,1-2H3. The first kappa shape index (κ1) is 14.1. The molecule has 0 aliphatic carbocycles. The third-order valence-electron chi connectivity index (χ3n) is 2.85. The van der Waals surface area contributed by atoms with Crippen LogP contribution in [0.5, 0.6) is 0 Å². The smallest absolute Gasteiger partial charge is 0.242 e. The SMILES string of the molecule is CCC(O)(CC)CNS(=O)(=O)c1cccnc1. The maximum absolute atomic E-state index is 11.8. The van der Waals surface area contributed by atoms with E-state index in [1.54, 1.807) is 6.07 Å². The molecule has 17 heavy (non-hydrogen) atoms. The topological polar surface area (TPSA) is 79.3 Å². The largest absolute Gasteiger partial charge is 0.389 e. The highest BCUT2D eigenvalue weighted by Crippen LogP contribution is 2.14. The molecule has 2 N–H and O–H groups in total. The minimum atomic E-state index is -3.59. The zero-order chi connectivity index (χ0) is 12.9. The molecule has 0 saturated heterocycles. The fraction of sp³-hybridized carbons (Fsp3) is 0.545. The van der Waals surface area contributed by atoms with Gasteiger partial charge in [-0.15, -0.1) is 0 Å². The minimum Gasteiger partial charge on any atom is -0.389 e. The molecule has 0 fully saturated rings. The lowest BCUT2D eigenvalue weighted by atomic mass is 9.98. The van der Waals surface area contributed by atoms with Crippen LogP contribution >= 0.6 is 0 Å². The maximum Gasteiger partial charge on any atom is 0.242 e. The van der Waals surface area contributed by atoms with Crippen molar-refractivity contribution in [1.29, 1.82) is 0 Å². The van der Waals surface area contributed by atoms with Gasteiger partial charge in [0.05, 0.1) is 5.60 Å². The first-order valence-corrected chi connectivity index (χ1v) is 7.04. The summed E-state index contributed by atoms with van der Waals surface area (Å²) in [5.74, 6) is 0. The number of rotatable bonds is 6. The van der Waals surface area contributed by atoms with Gasteiger partial charge in [-0.1, -0.05) is 13.8 Å². The van der Waals surface area contributed by atoms with Gasteiger partial charge in [-0.25, -0.2) is 13.1 Å². The summed E-state index contributed by atoms with van der Waals surface area (Å²) in [4.78, 5) is 3.86. The van der Waals surface area contributed by atoms with Gasteiger partial charge < -0.3 is 5.11 Å². The molecule has 6 heteroatoms. The second-order valence-corrected chi connectivity index (χ2v) is 5.71. The van der Waals surface area contributed by atoms with Crippen LogP contribution in [0.2, 0.25) is 0 Å². The van der Waals surface area contributed by atoms with Gasteiger partial charge in [-0.3, -0.25) is 4.98 Å². The summed E-state index contributed by atoms with van der Waals surface area (Å²) in [6.07, 6.45) is 3.78. The Morgan fingerprint density at radius 1 is 1.41 bits per heavy atom. The van der Waals surface area contributed by atoms with Gasteiger partial charge in [0.2, 0.25) is 10.0 Å². The van der Waals surface area contributed by atoms with E-state index in [9.17, 15) is 13.5 Å². The molecule has 0 radical (unpaired) electrons. The van der Waals surface area contributed by atoms with Crippen molar-refractivity contribution < 1.29 is 13.5 Å². The quantitative estimate of drug-likeness (QED) is 0.795. The van der Waals surface area contributed by atoms with E-state index in [0.717, 1.165) is 0 Å². The molecule has 0 saturated carbocycles. The van der Waals surface area contributed by atoms with Crippen LogP contribution in [0.3, 0.4) is 0 Å². The first-order valence-electron chi connectivity index (χ1n) is 5.55. The van der Waals surface area contributed by atoms with Gasteiger partial charge in [0.15, 0.2) is 0 Å². The summed E-state index contributed by atoms with van der Waals surface area (Å²) in [7, 11) is -3.59. The van der Waals surface area contributed by atoms with Crippen molar-refractivity contribution in [2.45, 2.75) is 37.2 Å². The van der Waals surface area contributed by atoms with Crippen LogP contribution in [0.25, 0.3) is 0 Å². The van der Waals surface area contributed by atoms with Crippen LogP contribution in [0.4, 0.5) is 0 Å². The molecule has 0 aliphatic heterocycles. The molecule has 1 heterocycles. The summed E-state index contributed by atoms with van der Waals surface area (Å²) in [5, 5.41) is 10.00. The molecule has 96 valence electrons. The number of nitrogens with one attached hydrogen (secondary N) is 1. The third-order valence-corrected chi connectivity index (χ3v) is 4.24. The monoisotopic (exact) mass is 258 g/mol. The molecule has 0 bridgehead atoms. The molecule has 1 aromatic heterocycles. The zero-order valence-corrected chi connectivity index (χ0v) is 10.9. The molecular weight excluding hydrogens is 240 g/mol. The van der Waals surface area contributed by atoms with Gasteiger partial charge in [0, 0.05) is 18.9 Å². The first-order chi connectivity index (χ1) is 7.93. The Balaban J connectivity index is 2.76. The number of nitrogens with zero attached hydrogens (tertiary/aromatic N) is 1. The van der Waals surface area contributed by atoms with E-state index in [-0.39, 0.29) is 11.4 Å². The Morgan fingerprint density at radius 2 is 2.06 bits per heavy atom. The second-order valence-electron chi connectivity index (χ2n) is 3.94. The number of aromatic nitrogens is 1. The molecule has 0 unspecified atom stereocenters. The van der Waals surface area contributed by atoms with Crippen LogP contribution in [0.15, 0.2) is 29.4 Å². The van der Waals surface area contributed by atoms with Crippen molar-refractivity contribution in [1.82, 2.24) is 9.71 Å². The molecule has 0 atom stereocenters. The summed E-state index contributed by atoms with van der Waals surface area (Å²) < 4.78 is 26.1. The van der Waals surface area contributed by atoms with Crippen LogP contribution in [-0.4, -0.2) is 30.7 Å². The molecule has 1 aromatic rings. The Bertz CT molecular complexity index is 441. The van der Waals surface area contributed by atoms with Crippen molar-refractivity contribution in [2.75, 3.05) is 6.54 Å². The molecule has 0 aromatic carbocycles. The van der Waals surface area contributed by atoms with E-state index in [1.165, 1.54) is 18.5 Å². The van der Waals surface area contributed by atoms with Crippen molar-refractivity contribution in [2.24, 2.45) is 0 Å². The summed E-state index contributed by atoms with van der Waals surface area (Å²) in [6.45, 7) is 3.65. The average molecular weight is 258 g/mol. The number of hydrogen-bond donors (Lipinski definition) is 2. The average Bonchev–Trinajstić information content (AvgIpc) is 2.37. The molecular formula is C11H18N2O3S. The van der Waals surface area contributed by atoms with Crippen LogP contribution in [0.1, 0.15) is 26.7 Å². The summed E-state index contributed by atoms with van der Waals surface area (Å²) in [6, 6.07) is 3.02. The van der Waals surface area contributed by atoms with E-state index in [0.29, 0.717) is 12.8 Å². The van der Waals surface area contributed by atoms with Gasteiger partial charge >= 0.3 is 0 Å². The normalized spacial score (nSPS) is 12.6. The lowest BCUT2D eigenvalue weighted by Crippen LogP contribution is -2.41. The highest BCUT2D eigenvalue weighted by molar-refractivity contribution is 7.89. The fourth-order valence-corrected chi connectivity index (χ4v) is 2.40. The maximum atomic E-state index is 11.8. The fourth-order valence-electron chi connectivity index (χ4n) is 1.32. The Labute approximate surface area is 102 Å². The Hall–Kier alpha value is -0.980. The number of sulfonamides is 1. The van der Waals surface area contributed by atoms with Crippen molar-refractivity contribution >= 4 is 10.0 Å². The highest BCUT2D eigenvalue weighted by atomic mass is 32.2. The van der Waals surface area contributed by atoms with E-state index in [1.807, 2.05) is 13.8 Å². The molecule has 1 rings (SSSR count). The summed E-state index contributed by atoms with van der Waals surface area (Å²) in [5.41, 5.74) is -0.991. The number of pyridine rings is 1. The van der Waals surface area contributed by atoms with Crippen molar-refractivity contribution in [3.63, 3.8) is 0 Å². The zero-order valence-electron chi connectivity index (χ0n) is 10.0. The van der Waals surface area contributed by atoms with E-state index in [4.69, 9.17) is 0 Å². The molecule has 0 spiro atoms. The van der Waals surface area contributed by atoms with E-state index < -0.39 is 15.6 Å². The van der Waals surface area contributed by atoms with E-state index >= 15 is 0 Å². The van der Waals surface area contributed by atoms with Crippen LogP contribution < -0.4 is 4.72 Å². The predicted octanol–water partition coefficient (Wildman–Crippen LogP) is 0.911. The van der Waals surface area contributed by atoms with Crippen LogP contribution in [0, 0.1) is 0 Å².